The number of ether oxygens (including phenoxy) is 1. The average molecular weight is 215 g/mol. The Labute approximate surface area is 95.8 Å². The molecule has 1 N–H and O–H groups in total. The largest absolute Gasteiger partial charge is 0.377 e. The van der Waals surface area contributed by atoms with E-state index in [-0.39, 0.29) is 0 Å². The van der Waals surface area contributed by atoms with Gasteiger partial charge in [0.15, 0.2) is 0 Å². The molecule has 15 heavy (non-hydrogen) atoms. The third-order valence-corrected chi connectivity index (χ3v) is 2.74. The molecule has 0 saturated heterocycles. The summed E-state index contributed by atoms with van der Waals surface area (Å²) in [5.41, 5.74) is 0. The maximum atomic E-state index is 5.84. The molecule has 0 radical (unpaired) electrons. The molecule has 2 atom stereocenters. The van der Waals surface area contributed by atoms with Gasteiger partial charge in [-0.2, -0.15) is 0 Å². The predicted molar refractivity (Wildman–Crippen MR) is 67.2 cm³/mol. The summed E-state index contributed by atoms with van der Waals surface area (Å²) in [5.74, 6) is 0.737. The van der Waals surface area contributed by atoms with Crippen LogP contribution >= 0.6 is 0 Å². The minimum absolute atomic E-state index is 0.334. The topological polar surface area (TPSA) is 21.3 Å². The van der Waals surface area contributed by atoms with Crippen molar-refractivity contribution in [1.82, 2.24) is 5.32 Å². The smallest absolute Gasteiger partial charge is 0.0699 e. The Kier molecular flexibility index (Phi) is 9.12. The van der Waals surface area contributed by atoms with Crippen LogP contribution in [-0.4, -0.2) is 25.3 Å². The van der Waals surface area contributed by atoms with E-state index in [4.69, 9.17) is 4.74 Å². The molecular weight excluding hydrogens is 186 g/mol. The van der Waals surface area contributed by atoms with Crippen molar-refractivity contribution in [3.05, 3.63) is 0 Å². The highest BCUT2D eigenvalue weighted by atomic mass is 16.5. The van der Waals surface area contributed by atoms with Gasteiger partial charge in [0.25, 0.3) is 0 Å². The Hall–Kier alpha value is -0.0800. The van der Waals surface area contributed by atoms with Crippen LogP contribution in [0.4, 0.5) is 0 Å². The number of hydrogen-bond acceptors (Lipinski definition) is 2. The maximum absolute atomic E-state index is 5.84. The van der Waals surface area contributed by atoms with Gasteiger partial charge in [-0.15, -0.1) is 0 Å². The van der Waals surface area contributed by atoms with Crippen molar-refractivity contribution in [3.63, 3.8) is 0 Å². The summed E-state index contributed by atoms with van der Waals surface area (Å²) < 4.78 is 5.84. The Morgan fingerprint density at radius 1 is 1.13 bits per heavy atom. The molecule has 0 fully saturated rings. The first-order chi connectivity index (χ1) is 7.11. The molecule has 0 saturated carbocycles. The first kappa shape index (κ1) is 14.9. The van der Waals surface area contributed by atoms with E-state index in [1.165, 1.54) is 6.42 Å². The molecule has 0 aliphatic rings. The van der Waals surface area contributed by atoms with Gasteiger partial charge < -0.3 is 10.1 Å². The molecule has 2 heteroatoms. The standard InChI is InChI=1S/C13H29NO/c1-6-9-14-13(7-2)12(5)15-10-8-11(3)4/h11-14H,6-10H2,1-5H3. The highest BCUT2D eigenvalue weighted by Crippen LogP contribution is 2.06. The van der Waals surface area contributed by atoms with Gasteiger partial charge in [-0.1, -0.05) is 27.7 Å². The molecule has 0 spiro atoms. The molecule has 0 bridgehead atoms. The summed E-state index contributed by atoms with van der Waals surface area (Å²) in [6, 6.07) is 0.511. The van der Waals surface area contributed by atoms with Gasteiger partial charge in [-0.3, -0.25) is 0 Å². The van der Waals surface area contributed by atoms with Gasteiger partial charge in [-0.05, 0) is 38.6 Å². The summed E-state index contributed by atoms with van der Waals surface area (Å²) in [5, 5.41) is 3.53. The molecule has 0 aliphatic carbocycles. The minimum Gasteiger partial charge on any atom is -0.377 e. The van der Waals surface area contributed by atoms with Crippen molar-refractivity contribution < 1.29 is 4.74 Å². The van der Waals surface area contributed by atoms with Gasteiger partial charge >= 0.3 is 0 Å². The molecule has 0 rings (SSSR count). The molecule has 0 aliphatic heterocycles. The van der Waals surface area contributed by atoms with Crippen LogP contribution in [0.5, 0.6) is 0 Å². The van der Waals surface area contributed by atoms with E-state index in [1.54, 1.807) is 0 Å². The summed E-state index contributed by atoms with van der Waals surface area (Å²) in [6.45, 7) is 13.1. The molecule has 0 heterocycles. The highest BCUT2D eigenvalue weighted by molar-refractivity contribution is 4.71. The number of rotatable bonds is 9. The predicted octanol–water partition coefficient (Wildman–Crippen LogP) is 3.22. The van der Waals surface area contributed by atoms with Crippen LogP contribution < -0.4 is 5.32 Å². The first-order valence-electron chi connectivity index (χ1n) is 6.46. The third kappa shape index (κ3) is 7.80. The lowest BCUT2D eigenvalue weighted by atomic mass is 10.1. The molecule has 92 valence electrons. The van der Waals surface area contributed by atoms with Gasteiger partial charge in [-0.25, -0.2) is 0 Å². The van der Waals surface area contributed by atoms with Crippen LogP contribution in [0.2, 0.25) is 0 Å². The zero-order chi connectivity index (χ0) is 11.7. The second-order valence-electron chi connectivity index (χ2n) is 4.73. The molecule has 2 nitrogen and oxygen atoms in total. The fraction of sp³-hybridized carbons (Fsp3) is 1.00. The van der Waals surface area contributed by atoms with E-state index < -0.39 is 0 Å². The van der Waals surface area contributed by atoms with Crippen LogP contribution in [0, 0.1) is 5.92 Å². The van der Waals surface area contributed by atoms with Crippen molar-refractivity contribution in [2.24, 2.45) is 5.92 Å². The lowest BCUT2D eigenvalue weighted by Crippen LogP contribution is -2.39. The quantitative estimate of drug-likeness (QED) is 0.637. The van der Waals surface area contributed by atoms with Crippen molar-refractivity contribution in [1.29, 1.82) is 0 Å². The van der Waals surface area contributed by atoms with Gasteiger partial charge in [0.05, 0.1) is 6.10 Å². The van der Waals surface area contributed by atoms with E-state index in [1.807, 2.05) is 0 Å². The van der Waals surface area contributed by atoms with Crippen LogP contribution in [0.3, 0.4) is 0 Å². The third-order valence-electron chi connectivity index (χ3n) is 2.74. The lowest BCUT2D eigenvalue weighted by Gasteiger charge is -2.24. The summed E-state index contributed by atoms with van der Waals surface area (Å²) in [7, 11) is 0. The van der Waals surface area contributed by atoms with Crippen LogP contribution in [0.1, 0.15) is 53.9 Å². The van der Waals surface area contributed by atoms with E-state index in [9.17, 15) is 0 Å². The minimum atomic E-state index is 0.334. The highest BCUT2D eigenvalue weighted by Gasteiger charge is 2.14. The van der Waals surface area contributed by atoms with Crippen molar-refractivity contribution in [2.45, 2.75) is 66.0 Å². The van der Waals surface area contributed by atoms with Crippen molar-refractivity contribution >= 4 is 0 Å². The molecular formula is C13H29NO. The molecule has 0 aromatic carbocycles. The van der Waals surface area contributed by atoms with Gasteiger partial charge in [0, 0.05) is 12.6 Å². The fourth-order valence-corrected chi connectivity index (χ4v) is 1.58. The molecule has 2 unspecified atom stereocenters. The normalized spacial score (nSPS) is 15.6. The summed E-state index contributed by atoms with van der Waals surface area (Å²) in [6.07, 6.45) is 3.83. The van der Waals surface area contributed by atoms with Crippen LogP contribution in [0.25, 0.3) is 0 Å². The van der Waals surface area contributed by atoms with Gasteiger partial charge in [0.1, 0.15) is 0 Å². The van der Waals surface area contributed by atoms with Crippen LogP contribution in [0.15, 0.2) is 0 Å². The van der Waals surface area contributed by atoms with E-state index in [2.05, 4.69) is 39.9 Å². The monoisotopic (exact) mass is 215 g/mol. The van der Waals surface area contributed by atoms with E-state index in [0.717, 1.165) is 31.9 Å². The van der Waals surface area contributed by atoms with E-state index in [0.29, 0.717) is 12.1 Å². The van der Waals surface area contributed by atoms with Crippen molar-refractivity contribution in [3.8, 4) is 0 Å². The summed E-state index contributed by atoms with van der Waals surface area (Å²) >= 11 is 0. The maximum Gasteiger partial charge on any atom is 0.0699 e. The second-order valence-corrected chi connectivity index (χ2v) is 4.73. The second kappa shape index (κ2) is 9.17. The summed E-state index contributed by atoms with van der Waals surface area (Å²) in [4.78, 5) is 0. The molecule has 0 aromatic heterocycles. The number of nitrogens with one attached hydrogen (secondary N) is 1. The molecule has 0 aromatic rings. The van der Waals surface area contributed by atoms with Crippen molar-refractivity contribution in [2.75, 3.05) is 13.2 Å². The Balaban J connectivity index is 3.67. The average Bonchev–Trinajstić information content (AvgIpc) is 2.18. The van der Waals surface area contributed by atoms with Gasteiger partial charge in [0.2, 0.25) is 0 Å². The molecule has 0 amide bonds. The SMILES string of the molecule is CCCNC(CC)C(C)OCCC(C)C. The first-order valence-corrected chi connectivity index (χ1v) is 6.46. The zero-order valence-electron chi connectivity index (χ0n) is 11.2. The van der Waals surface area contributed by atoms with E-state index >= 15 is 0 Å². The Morgan fingerprint density at radius 2 is 1.80 bits per heavy atom. The zero-order valence-corrected chi connectivity index (χ0v) is 11.2. The fourth-order valence-electron chi connectivity index (χ4n) is 1.58. The lowest BCUT2D eigenvalue weighted by molar-refractivity contribution is 0.0321. The Bertz CT molecular complexity index is 136. The van der Waals surface area contributed by atoms with Crippen LogP contribution in [-0.2, 0) is 4.74 Å². The Morgan fingerprint density at radius 3 is 2.27 bits per heavy atom. The number of hydrogen-bond donors (Lipinski definition) is 1.